The second-order valence-electron chi connectivity index (χ2n) is 3.71. The monoisotopic (exact) mass is 299 g/mol. The molecular weight excluding hydrogens is 292 g/mol. The summed E-state index contributed by atoms with van der Waals surface area (Å²) in [6, 6.07) is 5.95. The van der Waals surface area contributed by atoms with Gasteiger partial charge in [-0.3, -0.25) is 0 Å². The third-order valence-corrected chi connectivity index (χ3v) is 2.87. The molecule has 0 bridgehead atoms. The number of carbonyl (C=O) groups is 1. The highest BCUT2D eigenvalue weighted by atomic mass is 35.5. The Morgan fingerprint density at radius 3 is 2.42 bits per heavy atom. The third kappa shape index (κ3) is 3.03. The standard InChI is InChI=1S/C13H8Cl2FNO2/c1-19-13(18)8-4-11(12(16)17-6-8)7-2-9(14)5-10(15)3-7/h2-6H,1H3. The first kappa shape index (κ1) is 13.8. The molecule has 0 N–H and O–H groups in total. The number of ether oxygens (including phenoxy) is 1. The number of esters is 1. The van der Waals surface area contributed by atoms with E-state index in [-0.39, 0.29) is 11.1 Å². The molecule has 19 heavy (non-hydrogen) atoms. The molecule has 0 atom stereocenters. The number of aromatic nitrogens is 1. The maximum atomic E-state index is 13.7. The van der Waals surface area contributed by atoms with E-state index >= 15 is 0 Å². The lowest BCUT2D eigenvalue weighted by Crippen LogP contribution is -2.03. The molecule has 3 nitrogen and oxygen atoms in total. The van der Waals surface area contributed by atoms with E-state index in [0.717, 1.165) is 6.20 Å². The second-order valence-corrected chi connectivity index (χ2v) is 4.58. The average molecular weight is 300 g/mol. The van der Waals surface area contributed by atoms with Crippen molar-refractivity contribution in [3.8, 4) is 11.1 Å². The van der Waals surface area contributed by atoms with Crippen LogP contribution in [0.25, 0.3) is 11.1 Å². The quantitative estimate of drug-likeness (QED) is 0.622. The number of hydrogen-bond acceptors (Lipinski definition) is 3. The SMILES string of the molecule is COC(=O)c1cnc(F)c(-c2cc(Cl)cc(Cl)c2)c1. The Balaban J connectivity index is 2.57. The van der Waals surface area contributed by atoms with Crippen molar-refractivity contribution in [2.45, 2.75) is 0 Å². The molecule has 0 fully saturated rings. The van der Waals surface area contributed by atoms with E-state index in [4.69, 9.17) is 23.2 Å². The molecule has 0 saturated carbocycles. The van der Waals surface area contributed by atoms with E-state index in [1.807, 2.05) is 0 Å². The molecule has 0 unspecified atom stereocenters. The molecule has 2 rings (SSSR count). The first-order valence-corrected chi connectivity index (χ1v) is 5.97. The fraction of sp³-hybridized carbons (Fsp3) is 0.0769. The van der Waals surface area contributed by atoms with Gasteiger partial charge in [-0.1, -0.05) is 23.2 Å². The minimum absolute atomic E-state index is 0.132. The lowest BCUT2D eigenvalue weighted by Gasteiger charge is -2.06. The molecule has 1 aromatic heterocycles. The van der Waals surface area contributed by atoms with Crippen molar-refractivity contribution in [2.24, 2.45) is 0 Å². The number of halogens is 3. The van der Waals surface area contributed by atoms with E-state index in [9.17, 15) is 9.18 Å². The van der Waals surface area contributed by atoms with E-state index in [1.54, 1.807) is 0 Å². The van der Waals surface area contributed by atoms with Crippen LogP contribution in [0.15, 0.2) is 30.5 Å². The molecule has 98 valence electrons. The highest BCUT2D eigenvalue weighted by Crippen LogP contribution is 2.29. The predicted octanol–water partition coefficient (Wildman–Crippen LogP) is 3.98. The zero-order valence-corrected chi connectivity index (χ0v) is 11.3. The zero-order valence-electron chi connectivity index (χ0n) is 9.78. The zero-order chi connectivity index (χ0) is 14.0. The molecule has 0 saturated heterocycles. The number of rotatable bonds is 2. The Labute approximate surface area is 118 Å². The van der Waals surface area contributed by atoms with Crippen LogP contribution in [0.1, 0.15) is 10.4 Å². The van der Waals surface area contributed by atoms with Crippen LogP contribution < -0.4 is 0 Å². The Morgan fingerprint density at radius 1 is 1.21 bits per heavy atom. The Bertz CT molecular complexity index is 626. The maximum Gasteiger partial charge on any atom is 0.339 e. The first-order valence-electron chi connectivity index (χ1n) is 5.21. The topological polar surface area (TPSA) is 39.2 Å². The lowest BCUT2D eigenvalue weighted by atomic mass is 10.1. The summed E-state index contributed by atoms with van der Waals surface area (Å²) in [4.78, 5) is 14.9. The highest BCUT2D eigenvalue weighted by molar-refractivity contribution is 6.35. The maximum absolute atomic E-state index is 13.7. The van der Waals surface area contributed by atoms with E-state index in [2.05, 4.69) is 9.72 Å². The number of pyridine rings is 1. The van der Waals surface area contributed by atoms with Gasteiger partial charge in [0, 0.05) is 21.8 Å². The van der Waals surface area contributed by atoms with Crippen molar-refractivity contribution < 1.29 is 13.9 Å². The van der Waals surface area contributed by atoms with Crippen molar-refractivity contribution in [3.63, 3.8) is 0 Å². The van der Waals surface area contributed by atoms with E-state index in [0.29, 0.717) is 15.6 Å². The Hall–Kier alpha value is -1.65. The van der Waals surface area contributed by atoms with Gasteiger partial charge < -0.3 is 4.74 Å². The normalized spacial score (nSPS) is 10.3. The number of nitrogens with zero attached hydrogens (tertiary/aromatic N) is 1. The van der Waals surface area contributed by atoms with Gasteiger partial charge in [-0.15, -0.1) is 0 Å². The molecule has 1 heterocycles. The molecule has 0 aliphatic carbocycles. The molecule has 0 amide bonds. The summed E-state index contributed by atoms with van der Waals surface area (Å²) >= 11 is 11.7. The van der Waals surface area contributed by atoms with Gasteiger partial charge in [0.2, 0.25) is 5.95 Å². The van der Waals surface area contributed by atoms with Crippen molar-refractivity contribution in [1.29, 1.82) is 0 Å². The minimum Gasteiger partial charge on any atom is -0.465 e. The summed E-state index contributed by atoms with van der Waals surface area (Å²) in [6.07, 6.45) is 1.11. The molecule has 0 aliphatic heterocycles. The van der Waals surface area contributed by atoms with Crippen LogP contribution in [0.2, 0.25) is 10.0 Å². The van der Waals surface area contributed by atoms with Crippen LogP contribution in [0, 0.1) is 5.95 Å². The fourth-order valence-electron chi connectivity index (χ4n) is 1.59. The fourth-order valence-corrected chi connectivity index (χ4v) is 2.12. The first-order chi connectivity index (χ1) is 9.01. The third-order valence-electron chi connectivity index (χ3n) is 2.43. The van der Waals surface area contributed by atoms with Crippen LogP contribution in [0.5, 0.6) is 0 Å². The number of carbonyl (C=O) groups excluding carboxylic acids is 1. The van der Waals surface area contributed by atoms with Gasteiger partial charge in [0.25, 0.3) is 0 Å². The summed E-state index contributed by atoms with van der Waals surface area (Å²) in [5.74, 6) is -1.31. The van der Waals surface area contributed by atoms with Gasteiger partial charge in [-0.05, 0) is 29.8 Å². The highest BCUT2D eigenvalue weighted by Gasteiger charge is 2.13. The number of hydrogen-bond donors (Lipinski definition) is 0. The Morgan fingerprint density at radius 2 is 1.84 bits per heavy atom. The second kappa shape index (κ2) is 5.55. The molecule has 2 aromatic rings. The molecule has 0 radical (unpaired) electrons. The number of benzene rings is 1. The molecule has 6 heteroatoms. The van der Waals surface area contributed by atoms with Crippen molar-refractivity contribution in [3.05, 3.63) is 52.0 Å². The van der Waals surface area contributed by atoms with Gasteiger partial charge in [0.15, 0.2) is 0 Å². The molecule has 0 aliphatic rings. The van der Waals surface area contributed by atoms with Crippen LogP contribution in [0.3, 0.4) is 0 Å². The minimum atomic E-state index is -0.717. The van der Waals surface area contributed by atoms with Gasteiger partial charge in [-0.2, -0.15) is 4.39 Å². The van der Waals surface area contributed by atoms with Crippen LogP contribution in [-0.2, 0) is 4.74 Å². The van der Waals surface area contributed by atoms with Gasteiger partial charge in [0.1, 0.15) is 0 Å². The average Bonchev–Trinajstić information content (AvgIpc) is 2.37. The van der Waals surface area contributed by atoms with E-state index in [1.165, 1.54) is 31.4 Å². The Kier molecular flexibility index (Phi) is 4.02. The summed E-state index contributed by atoms with van der Waals surface area (Å²) in [6.45, 7) is 0. The molecular formula is C13H8Cl2FNO2. The van der Waals surface area contributed by atoms with Gasteiger partial charge in [-0.25, -0.2) is 9.78 Å². The van der Waals surface area contributed by atoms with Gasteiger partial charge >= 0.3 is 5.97 Å². The van der Waals surface area contributed by atoms with Crippen LogP contribution in [0.4, 0.5) is 4.39 Å². The summed E-state index contributed by atoms with van der Waals surface area (Å²) < 4.78 is 18.3. The summed E-state index contributed by atoms with van der Waals surface area (Å²) in [5, 5.41) is 0.732. The van der Waals surface area contributed by atoms with Crippen molar-refractivity contribution >= 4 is 29.2 Å². The molecule has 0 spiro atoms. The van der Waals surface area contributed by atoms with Crippen molar-refractivity contribution in [1.82, 2.24) is 4.98 Å². The van der Waals surface area contributed by atoms with Crippen LogP contribution in [-0.4, -0.2) is 18.1 Å². The molecule has 1 aromatic carbocycles. The van der Waals surface area contributed by atoms with E-state index < -0.39 is 11.9 Å². The largest absolute Gasteiger partial charge is 0.465 e. The number of methoxy groups -OCH3 is 1. The lowest BCUT2D eigenvalue weighted by molar-refractivity contribution is 0.0600. The summed E-state index contributed by atoms with van der Waals surface area (Å²) in [5.41, 5.74) is 0.718. The summed E-state index contributed by atoms with van der Waals surface area (Å²) in [7, 11) is 1.24. The predicted molar refractivity (Wildman–Crippen MR) is 71.0 cm³/mol. The van der Waals surface area contributed by atoms with Gasteiger partial charge in [0.05, 0.1) is 12.7 Å². The van der Waals surface area contributed by atoms with Crippen LogP contribution >= 0.6 is 23.2 Å². The van der Waals surface area contributed by atoms with Crippen molar-refractivity contribution in [2.75, 3.05) is 7.11 Å². The smallest absolute Gasteiger partial charge is 0.339 e.